The van der Waals surface area contributed by atoms with E-state index in [1.54, 1.807) is 20.8 Å². The van der Waals surface area contributed by atoms with Crippen LogP contribution in [0.1, 0.15) is 222 Å². The summed E-state index contributed by atoms with van der Waals surface area (Å²) < 4.78 is 46.1. The topological polar surface area (TPSA) is 224 Å². The maximum Gasteiger partial charge on any atom is 0.329 e. The number of nitrogens with one attached hydrogen (secondary N) is 4. The zero-order chi connectivity index (χ0) is 68.7. The molecule has 92 heavy (non-hydrogen) atoms. The minimum Gasteiger partial charge on any atom is -0.460 e. The summed E-state index contributed by atoms with van der Waals surface area (Å²) in [6.45, 7) is 36.9. The van der Waals surface area contributed by atoms with Gasteiger partial charge in [-0.1, -0.05) is 161 Å². The zero-order valence-electron chi connectivity index (χ0n) is 60.2. The van der Waals surface area contributed by atoms with Gasteiger partial charge in [-0.3, -0.25) is 24.0 Å². The summed E-state index contributed by atoms with van der Waals surface area (Å²) in [4.78, 5) is 75.4. The molecule has 20 heteroatoms. The lowest BCUT2D eigenvalue weighted by Gasteiger charge is -2.36. The van der Waals surface area contributed by atoms with Crippen molar-refractivity contribution in [2.45, 2.75) is 278 Å². The number of amides is 4. The fourth-order valence-corrected chi connectivity index (χ4v) is 11.1. The van der Waals surface area contributed by atoms with Gasteiger partial charge in [0.1, 0.15) is 30.5 Å². The first-order valence-corrected chi connectivity index (χ1v) is 40.3. The van der Waals surface area contributed by atoms with E-state index in [1.807, 2.05) is 20.8 Å². The Bertz CT molecular complexity index is 2430. The Morgan fingerprint density at radius 1 is 0.435 bits per heavy atom. The van der Waals surface area contributed by atoms with Crippen LogP contribution in [0.4, 0.5) is 0 Å². The molecule has 0 aliphatic heterocycles. The maximum absolute atomic E-state index is 13.0. The molecule has 2 rings (SSSR count). The van der Waals surface area contributed by atoms with Crippen molar-refractivity contribution in [3.05, 3.63) is 59.2 Å². The van der Waals surface area contributed by atoms with Crippen LogP contribution in [-0.4, -0.2) is 142 Å². The number of carbonyl (C=O) groups excluding carboxylic acids is 6. The van der Waals surface area contributed by atoms with Gasteiger partial charge in [0.2, 0.25) is 23.6 Å². The smallest absolute Gasteiger partial charge is 0.329 e. The molecule has 0 heterocycles. The molecule has 4 N–H and O–H groups in total. The number of carbonyl (C=O) groups is 6. The van der Waals surface area contributed by atoms with E-state index in [-0.39, 0.29) is 118 Å². The quantitative estimate of drug-likeness (QED) is 0.0275. The first-order valence-electron chi connectivity index (χ1n) is 34.5. The van der Waals surface area contributed by atoms with Crippen molar-refractivity contribution in [2.75, 3.05) is 72.5 Å². The normalized spacial score (nSPS) is 12.7. The van der Waals surface area contributed by atoms with Crippen molar-refractivity contribution >= 4 is 52.2 Å². The molecule has 2 aromatic carbocycles. The van der Waals surface area contributed by atoms with Gasteiger partial charge in [-0.25, -0.2) is 4.79 Å². The molecular weight excluding hydrogens is 1200 g/mol. The fourth-order valence-electron chi connectivity index (χ4n) is 9.19. The lowest BCUT2D eigenvalue weighted by atomic mass is 9.94. The molecular formula is C72H126N4O14Si2. The van der Waals surface area contributed by atoms with Crippen LogP contribution in [0.2, 0.25) is 36.3 Å². The van der Waals surface area contributed by atoms with Gasteiger partial charge in [0.25, 0.3) is 0 Å². The van der Waals surface area contributed by atoms with Crippen molar-refractivity contribution in [2.24, 2.45) is 0 Å². The molecule has 0 aliphatic rings. The number of hydrogen-bond donors (Lipinski definition) is 4. The number of ether oxygens (including phenoxy) is 6. The molecule has 18 nitrogen and oxygen atoms in total. The summed E-state index contributed by atoms with van der Waals surface area (Å²) in [5, 5.41) is 11.6. The summed E-state index contributed by atoms with van der Waals surface area (Å²) in [5.41, 5.74) is 4.66. The maximum atomic E-state index is 13.0. The predicted octanol–water partition coefficient (Wildman–Crippen LogP) is 13.9. The second-order valence-electron chi connectivity index (χ2n) is 29.5. The highest BCUT2D eigenvalue weighted by Crippen LogP contribution is 2.39. The van der Waals surface area contributed by atoms with Gasteiger partial charge in [-0.05, 0) is 138 Å². The molecule has 0 aromatic heterocycles. The fraction of sp³-hybridized carbons (Fsp3) is 0.750. The molecule has 1 atom stereocenters. The highest BCUT2D eigenvalue weighted by molar-refractivity contribution is 6.74. The number of rotatable bonds is 49. The minimum absolute atomic E-state index is 0.0126. The number of aryl methyl sites for hydroxylation is 1. The van der Waals surface area contributed by atoms with E-state index in [2.05, 4.69) is 131 Å². The zero-order valence-corrected chi connectivity index (χ0v) is 62.2. The lowest BCUT2D eigenvalue weighted by Crippen LogP contribution is -2.44. The average molecular weight is 1330 g/mol. The summed E-state index contributed by atoms with van der Waals surface area (Å²) in [7, 11) is -3.82. The Hall–Kier alpha value is -4.55. The van der Waals surface area contributed by atoms with Crippen LogP contribution in [0.5, 0.6) is 0 Å². The summed E-state index contributed by atoms with van der Waals surface area (Å²) in [6.07, 6.45) is 18.1. The van der Waals surface area contributed by atoms with E-state index in [9.17, 15) is 28.8 Å². The molecule has 0 aliphatic carbocycles. The molecule has 0 saturated heterocycles. The van der Waals surface area contributed by atoms with Crippen LogP contribution in [0.3, 0.4) is 0 Å². The summed E-state index contributed by atoms with van der Waals surface area (Å²) >= 11 is 0. The van der Waals surface area contributed by atoms with Crippen molar-refractivity contribution in [3.63, 3.8) is 0 Å². The van der Waals surface area contributed by atoms with Gasteiger partial charge in [0.15, 0.2) is 16.6 Å². The Balaban J connectivity index is 1.55. The number of hydrogen-bond acceptors (Lipinski definition) is 14. The van der Waals surface area contributed by atoms with E-state index in [1.165, 1.54) is 62.5 Å². The molecule has 2 aromatic rings. The molecule has 0 fully saturated rings. The third-order valence-electron chi connectivity index (χ3n) is 16.7. The van der Waals surface area contributed by atoms with Crippen molar-refractivity contribution in [3.8, 4) is 11.1 Å². The first-order chi connectivity index (χ1) is 43.2. The van der Waals surface area contributed by atoms with Gasteiger partial charge < -0.3 is 58.5 Å². The van der Waals surface area contributed by atoms with Crippen LogP contribution < -0.4 is 21.3 Å². The molecule has 1 unspecified atom stereocenters. The van der Waals surface area contributed by atoms with Crippen molar-refractivity contribution in [1.82, 2.24) is 21.3 Å². The van der Waals surface area contributed by atoms with Gasteiger partial charge >= 0.3 is 11.9 Å². The van der Waals surface area contributed by atoms with E-state index < -0.39 is 39.8 Å². The van der Waals surface area contributed by atoms with Crippen LogP contribution in [0.25, 0.3) is 11.1 Å². The highest BCUT2D eigenvalue weighted by Gasteiger charge is 2.38. The molecule has 526 valence electrons. The Kier molecular flexibility index (Phi) is 40.2. The van der Waals surface area contributed by atoms with Crippen molar-refractivity contribution < 1.29 is 66.0 Å². The third-order valence-corrected chi connectivity index (χ3v) is 25.6. The molecule has 4 amide bonds. The van der Waals surface area contributed by atoms with Gasteiger partial charge in [-0.15, -0.1) is 0 Å². The van der Waals surface area contributed by atoms with E-state index in [0.717, 1.165) is 68.1 Å². The van der Waals surface area contributed by atoms with Crippen LogP contribution in [-0.2, 0) is 85.7 Å². The lowest BCUT2D eigenvalue weighted by molar-refractivity contribution is -0.159. The Morgan fingerprint density at radius 3 is 1.34 bits per heavy atom. The van der Waals surface area contributed by atoms with E-state index in [0.29, 0.717) is 32.6 Å². The monoisotopic (exact) mass is 1330 g/mol. The van der Waals surface area contributed by atoms with Crippen LogP contribution in [0, 0.1) is 0 Å². The predicted molar refractivity (Wildman–Crippen MR) is 373 cm³/mol. The first kappa shape index (κ1) is 83.5. The largest absolute Gasteiger partial charge is 0.460 e. The van der Waals surface area contributed by atoms with Gasteiger partial charge in [0.05, 0.1) is 52.9 Å². The van der Waals surface area contributed by atoms with Gasteiger partial charge in [-0.2, -0.15) is 0 Å². The van der Waals surface area contributed by atoms with Crippen molar-refractivity contribution in [1.29, 1.82) is 0 Å². The highest BCUT2D eigenvalue weighted by atomic mass is 28.4. The number of benzene rings is 2. The second kappa shape index (κ2) is 44.2. The average Bonchev–Trinajstić information content (AvgIpc) is 0.844. The SMILES string of the molecule is CC(C)(C)OC(=O)CCCCCCCCCCCCCCCCC(=O)NC(CCC(=O)NCCOCCOCC(=O)NCCOCCOCC(=O)NCCCc1cc(CO[Si](C)(C)C(C)(C)C)ccc1-c1ccc(CO[Si](C)(C)C(C)(C)C)cc1)C(=O)OC(C)(C)C. The summed E-state index contributed by atoms with van der Waals surface area (Å²) in [6, 6.07) is 14.4. The molecule has 0 bridgehead atoms. The molecule has 0 saturated carbocycles. The van der Waals surface area contributed by atoms with Crippen LogP contribution in [0.15, 0.2) is 42.5 Å². The van der Waals surface area contributed by atoms with Gasteiger partial charge in [0, 0.05) is 38.9 Å². The Morgan fingerprint density at radius 2 is 0.859 bits per heavy atom. The minimum atomic E-state index is -1.94. The van der Waals surface area contributed by atoms with E-state index in [4.69, 9.17) is 37.3 Å². The van der Waals surface area contributed by atoms with E-state index >= 15 is 0 Å². The Labute approximate surface area is 557 Å². The number of esters is 2. The van der Waals surface area contributed by atoms with Crippen LogP contribution >= 0.6 is 0 Å². The second-order valence-corrected chi connectivity index (χ2v) is 39.1. The number of unbranched alkanes of at least 4 members (excludes halogenated alkanes) is 13. The molecule has 0 radical (unpaired) electrons. The summed E-state index contributed by atoms with van der Waals surface area (Å²) in [5.74, 6) is -1.69. The third kappa shape index (κ3) is 40.0. The standard InChI is InChI=1S/C72H126N4O14Si2/c1-69(2,3)89-67(81)34-30-28-26-24-22-20-18-17-19-21-23-25-27-29-33-64(78)76-62(68(82)90-70(4,5)6)41-42-63(77)74-44-46-83-48-51-86-56-66(80)75-45-47-84-49-50-85-55-65(79)73-43-31-32-60-52-58(54-88-92(15,16)72(10,11)12)37-40-61(60)59-38-35-57(36-39-59)53-87-91(13,14)71(7,8)9/h35-40,52,62H,17-34,41-51,53-56H2,1-16H3,(H,73,79)(H,74,77)(H,75,80)(H,76,78). The molecule has 0 spiro atoms.